The van der Waals surface area contributed by atoms with Crippen molar-refractivity contribution >= 4 is 5.91 Å². The van der Waals surface area contributed by atoms with Crippen molar-refractivity contribution in [2.24, 2.45) is 17.6 Å². The Balaban J connectivity index is 1.47. The Morgan fingerprint density at radius 1 is 1.13 bits per heavy atom. The summed E-state index contributed by atoms with van der Waals surface area (Å²) < 4.78 is 5.42. The van der Waals surface area contributed by atoms with Gasteiger partial charge in [0.25, 0.3) is 0 Å². The Morgan fingerprint density at radius 2 is 1.83 bits per heavy atom. The van der Waals surface area contributed by atoms with Crippen LogP contribution >= 0.6 is 0 Å². The number of rotatable bonds is 3. The second-order valence-electron chi connectivity index (χ2n) is 7.99. The van der Waals surface area contributed by atoms with E-state index in [4.69, 9.17) is 10.5 Å². The Labute approximate surface area is 140 Å². The molecular formula is C18H33N3O2. The standard InChI is InChI=1S/C18H33N3O2/c1-18(19)7-3-2-4-16(18)17(22)21-8-5-15(6-9-21)14-20-10-12-23-13-11-20/h15-16H,2-14,19H2,1H3. The summed E-state index contributed by atoms with van der Waals surface area (Å²) in [5.74, 6) is 1.08. The van der Waals surface area contributed by atoms with E-state index in [0.717, 1.165) is 77.4 Å². The summed E-state index contributed by atoms with van der Waals surface area (Å²) in [4.78, 5) is 17.5. The van der Waals surface area contributed by atoms with E-state index >= 15 is 0 Å². The van der Waals surface area contributed by atoms with Crippen molar-refractivity contribution in [2.45, 2.75) is 51.0 Å². The molecule has 3 aliphatic rings. The van der Waals surface area contributed by atoms with Gasteiger partial charge >= 0.3 is 0 Å². The quantitative estimate of drug-likeness (QED) is 0.854. The van der Waals surface area contributed by atoms with E-state index in [1.807, 2.05) is 0 Å². The molecule has 3 fully saturated rings. The number of carbonyl (C=O) groups is 1. The highest BCUT2D eigenvalue weighted by molar-refractivity contribution is 5.80. The number of nitrogens with zero attached hydrogens (tertiary/aromatic N) is 2. The first-order chi connectivity index (χ1) is 11.1. The van der Waals surface area contributed by atoms with Gasteiger partial charge in [0.2, 0.25) is 5.91 Å². The van der Waals surface area contributed by atoms with Gasteiger partial charge in [-0.15, -0.1) is 0 Å². The van der Waals surface area contributed by atoms with Crippen LogP contribution in [0, 0.1) is 11.8 Å². The molecule has 2 atom stereocenters. The molecule has 3 rings (SSSR count). The van der Waals surface area contributed by atoms with Crippen LogP contribution in [0.4, 0.5) is 0 Å². The van der Waals surface area contributed by atoms with Crippen molar-refractivity contribution in [1.29, 1.82) is 0 Å². The minimum atomic E-state index is -0.306. The molecule has 1 aliphatic carbocycles. The SMILES string of the molecule is CC1(N)CCCCC1C(=O)N1CCC(CN2CCOCC2)CC1. The average molecular weight is 323 g/mol. The van der Waals surface area contributed by atoms with Gasteiger partial charge in [-0.2, -0.15) is 0 Å². The molecule has 0 aromatic rings. The first kappa shape index (κ1) is 17.2. The van der Waals surface area contributed by atoms with Crippen LogP contribution in [0.5, 0.6) is 0 Å². The fourth-order valence-corrected chi connectivity index (χ4v) is 4.47. The molecule has 2 saturated heterocycles. The highest BCUT2D eigenvalue weighted by Crippen LogP contribution is 2.34. The molecule has 1 saturated carbocycles. The number of piperidine rings is 1. The summed E-state index contributed by atoms with van der Waals surface area (Å²) in [6, 6.07) is 0. The lowest BCUT2D eigenvalue weighted by molar-refractivity contribution is -0.140. The normalized spacial score (nSPS) is 34.5. The number of ether oxygens (including phenoxy) is 1. The van der Waals surface area contributed by atoms with Gasteiger partial charge in [0.05, 0.1) is 19.1 Å². The first-order valence-corrected chi connectivity index (χ1v) is 9.44. The third-order valence-electron chi connectivity index (χ3n) is 6.10. The largest absolute Gasteiger partial charge is 0.379 e. The van der Waals surface area contributed by atoms with Crippen LogP contribution in [-0.4, -0.2) is 67.2 Å². The third kappa shape index (κ3) is 4.25. The van der Waals surface area contributed by atoms with E-state index in [1.165, 1.54) is 13.0 Å². The van der Waals surface area contributed by atoms with Gasteiger partial charge in [-0.3, -0.25) is 9.69 Å². The lowest BCUT2D eigenvalue weighted by Gasteiger charge is -2.42. The zero-order valence-corrected chi connectivity index (χ0v) is 14.6. The minimum absolute atomic E-state index is 0.0343. The molecule has 2 unspecified atom stereocenters. The summed E-state index contributed by atoms with van der Waals surface area (Å²) in [5, 5.41) is 0. The molecule has 5 nitrogen and oxygen atoms in total. The van der Waals surface area contributed by atoms with Crippen LogP contribution in [0.1, 0.15) is 45.4 Å². The lowest BCUT2D eigenvalue weighted by Crippen LogP contribution is -2.55. The number of nitrogens with two attached hydrogens (primary N) is 1. The monoisotopic (exact) mass is 323 g/mol. The molecular weight excluding hydrogens is 290 g/mol. The molecule has 0 aromatic carbocycles. The Morgan fingerprint density at radius 3 is 2.48 bits per heavy atom. The summed E-state index contributed by atoms with van der Waals surface area (Å²) in [7, 11) is 0. The first-order valence-electron chi connectivity index (χ1n) is 9.44. The van der Waals surface area contributed by atoms with Crippen LogP contribution in [0.15, 0.2) is 0 Å². The number of amides is 1. The third-order valence-corrected chi connectivity index (χ3v) is 6.10. The molecule has 0 spiro atoms. The maximum Gasteiger partial charge on any atom is 0.227 e. The highest BCUT2D eigenvalue weighted by Gasteiger charge is 2.40. The molecule has 0 aromatic heterocycles. The number of likely N-dealkylation sites (tertiary alicyclic amines) is 1. The Bertz CT molecular complexity index is 399. The van der Waals surface area contributed by atoms with Crippen molar-refractivity contribution in [2.75, 3.05) is 45.9 Å². The van der Waals surface area contributed by atoms with Gasteiger partial charge in [0.1, 0.15) is 0 Å². The predicted octanol–water partition coefficient (Wildman–Crippen LogP) is 1.46. The van der Waals surface area contributed by atoms with E-state index in [0.29, 0.717) is 5.91 Å². The van der Waals surface area contributed by atoms with Gasteiger partial charge in [-0.05, 0) is 38.5 Å². The lowest BCUT2D eigenvalue weighted by atomic mass is 9.73. The second-order valence-corrected chi connectivity index (χ2v) is 7.99. The Hall–Kier alpha value is -0.650. The van der Waals surface area contributed by atoms with Crippen molar-refractivity contribution in [3.63, 3.8) is 0 Å². The molecule has 0 radical (unpaired) electrons. The maximum atomic E-state index is 12.9. The zero-order valence-electron chi connectivity index (χ0n) is 14.6. The summed E-state index contributed by atoms with van der Waals surface area (Å²) >= 11 is 0. The Kier molecular flexibility index (Phi) is 5.60. The summed E-state index contributed by atoms with van der Waals surface area (Å²) in [6.07, 6.45) is 6.54. The van der Waals surface area contributed by atoms with Gasteiger partial charge in [-0.25, -0.2) is 0 Å². The van der Waals surface area contributed by atoms with Crippen molar-refractivity contribution in [1.82, 2.24) is 9.80 Å². The zero-order chi connectivity index (χ0) is 16.3. The van der Waals surface area contributed by atoms with Gasteiger partial charge < -0.3 is 15.4 Å². The summed E-state index contributed by atoms with van der Waals surface area (Å²) in [6.45, 7) is 8.94. The maximum absolute atomic E-state index is 12.9. The smallest absolute Gasteiger partial charge is 0.227 e. The van der Waals surface area contributed by atoms with Crippen molar-refractivity contribution < 1.29 is 9.53 Å². The molecule has 2 N–H and O–H groups in total. The molecule has 2 heterocycles. The van der Waals surface area contributed by atoms with E-state index < -0.39 is 0 Å². The van der Waals surface area contributed by atoms with Crippen molar-refractivity contribution in [3.8, 4) is 0 Å². The van der Waals surface area contributed by atoms with Crippen LogP contribution in [-0.2, 0) is 9.53 Å². The number of carbonyl (C=O) groups excluding carboxylic acids is 1. The molecule has 0 bridgehead atoms. The average Bonchev–Trinajstić information content (AvgIpc) is 2.55. The minimum Gasteiger partial charge on any atom is -0.379 e. The molecule has 132 valence electrons. The van der Waals surface area contributed by atoms with Crippen LogP contribution in [0.3, 0.4) is 0 Å². The van der Waals surface area contributed by atoms with Gasteiger partial charge in [-0.1, -0.05) is 12.8 Å². The van der Waals surface area contributed by atoms with E-state index in [1.54, 1.807) is 0 Å². The van der Waals surface area contributed by atoms with E-state index in [-0.39, 0.29) is 11.5 Å². The second kappa shape index (κ2) is 7.49. The van der Waals surface area contributed by atoms with Crippen LogP contribution < -0.4 is 5.73 Å². The van der Waals surface area contributed by atoms with Gasteiger partial charge in [0.15, 0.2) is 0 Å². The fourth-order valence-electron chi connectivity index (χ4n) is 4.47. The van der Waals surface area contributed by atoms with Crippen LogP contribution in [0.2, 0.25) is 0 Å². The predicted molar refractivity (Wildman–Crippen MR) is 91.1 cm³/mol. The number of morpholine rings is 1. The van der Waals surface area contributed by atoms with E-state index in [9.17, 15) is 4.79 Å². The van der Waals surface area contributed by atoms with E-state index in [2.05, 4.69) is 16.7 Å². The molecule has 23 heavy (non-hydrogen) atoms. The molecule has 2 aliphatic heterocycles. The molecule has 5 heteroatoms. The van der Waals surface area contributed by atoms with Crippen molar-refractivity contribution in [3.05, 3.63) is 0 Å². The topological polar surface area (TPSA) is 58.8 Å². The number of hydrogen-bond donors (Lipinski definition) is 1. The highest BCUT2D eigenvalue weighted by atomic mass is 16.5. The van der Waals surface area contributed by atoms with Crippen LogP contribution in [0.25, 0.3) is 0 Å². The molecule has 1 amide bonds. The fraction of sp³-hybridized carbons (Fsp3) is 0.944. The summed E-state index contributed by atoms with van der Waals surface area (Å²) in [5.41, 5.74) is 6.11. The number of hydrogen-bond acceptors (Lipinski definition) is 4. The van der Waals surface area contributed by atoms with Gasteiger partial charge in [0, 0.05) is 38.3 Å².